The number of ketones is 1. The predicted molar refractivity (Wildman–Crippen MR) is 71.7 cm³/mol. The van der Waals surface area contributed by atoms with Crippen LogP contribution in [-0.4, -0.2) is 16.9 Å². The summed E-state index contributed by atoms with van der Waals surface area (Å²) in [5.74, 6) is -0.847. The van der Waals surface area contributed by atoms with Crippen LogP contribution in [0.2, 0.25) is 0 Å². The Labute approximate surface area is 111 Å². The van der Waals surface area contributed by atoms with Gasteiger partial charge >= 0.3 is 5.97 Å². The molecule has 2 aromatic rings. The first-order valence-corrected chi connectivity index (χ1v) is 6.19. The van der Waals surface area contributed by atoms with Crippen LogP contribution >= 0.6 is 0 Å². The van der Waals surface area contributed by atoms with Crippen LogP contribution in [0.15, 0.2) is 22.6 Å². The van der Waals surface area contributed by atoms with Gasteiger partial charge in [-0.15, -0.1) is 0 Å². The molecule has 19 heavy (non-hydrogen) atoms. The topological polar surface area (TPSA) is 67.5 Å². The Hall–Kier alpha value is -2.10. The zero-order valence-electron chi connectivity index (χ0n) is 11.2. The third-order valence-corrected chi connectivity index (χ3v) is 2.97. The first kappa shape index (κ1) is 13.3. The largest absolute Gasteiger partial charge is 0.475 e. The number of hydrogen-bond acceptors (Lipinski definition) is 3. The number of Topliss-reactive ketones (excluding diaryl/α,β-unsaturated/α-hetero) is 1. The van der Waals surface area contributed by atoms with E-state index in [-0.39, 0.29) is 11.5 Å². The highest BCUT2D eigenvalue weighted by atomic mass is 16.4. The van der Waals surface area contributed by atoms with E-state index < -0.39 is 5.97 Å². The summed E-state index contributed by atoms with van der Waals surface area (Å²) < 4.78 is 5.22. The maximum Gasteiger partial charge on any atom is 0.371 e. The highest BCUT2D eigenvalue weighted by molar-refractivity contribution is 6.01. The lowest BCUT2D eigenvalue weighted by Crippen LogP contribution is -2.05. The minimum Gasteiger partial charge on any atom is -0.475 e. The van der Waals surface area contributed by atoms with Crippen LogP contribution in [0, 0.1) is 12.8 Å². The number of benzene rings is 1. The Morgan fingerprint density at radius 2 is 1.95 bits per heavy atom. The molecule has 4 nitrogen and oxygen atoms in total. The molecule has 0 aliphatic heterocycles. The molecule has 0 aliphatic rings. The number of aromatic carboxylic acids is 1. The van der Waals surface area contributed by atoms with Crippen molar-refractivity contribution in [2.45, 2.75) is 27.2 Å². The fourth-order valence-electron chi connectivity index (χ4n) is 2.08. The lowest BCUT2D eigenvalue weighted by atomic mass is 9.96. The van der Waals surface area contributed by atoms with Gasteiger partial charge in [0.2, 0.25) is 5.76 Å². The number of aryl methyl sites for hydroxylation is 1. The molecule has 100 valence electrons. The number of carbonyl (C=O) groups is 2. The summed E-state index contributed by atoms with van der Waals surface area (Å²) in [5, 5.41) is 9.54. The molecule has 0 aliphatic carbocycles. The van der Waals surface area contributed by atoms with Gasteiger partial charge in [0.25, 0.3) is 0 Å². The molecule has 0 spiro atoms. The standard InChI is InChI=1S/C15H16O4/c1-8(2)4-12(16)11-6-10-7-14(15(17)18)19-13(10)5-9(11)3/h5-8H,4H2,1-3H3,(H,17,18). The zero-order chi connectivity index (χ0) is 14.2. The van der Waals surface area contributed by atoms with Crippen LogP contribution in [-0.2, 0) is 0 Å². The molecular weight excluding hydrogens is 244 g/mol. The summed E-state index contributed by atoms with van der Waals surface area (Å²) in [6.45, 7) is 5.81. The molecule has 4 heteroatoms. The lowest BCUT2D eigenvalue weighted by Gasteiger charge is -2.07. The van der Waals surface area contributed by atoms with Crippen molar-refractivity contribution in [2.75, 3.05) is 0 Å². The summed E-state index contributed by atoms with van der Waals surface area (Å²) in [7, 11) is 0. The van der Waals surface area contributed by atoms with Crippen molar-refractivity contribution in [1.29, 1.82) is 0 Å². The van der Waals surface area contributed by atoms with E-state index in [9.17, 15) is 9.59 Å². The number of hydrogen-bond donors (Lipinski definition) is 1. The maximum absolute atomic E-state index is 12.1. The van der Waals surface area contributed by atoms with Gasteiger partial charge in [-0.25, -0.2) is 4.79 Å². The zero-order valence-corrected chi connectivity index (χ0v) is 11.2. The summed E-state index contributed by atoms with van der Waals surface area (Å²) in [5.41, 5.74) is 1.94. The summed E-state index contributed by atoms with van der Waals surface area (Å²) in [6.07, 6.45) is 0.482. The van der Waals surface area contributed by atoms with Gasteiger partial charge in [0.15, 0.2) is 5.78 Å². The molecule has 0 saturated heterocycles. The van der Waals surface area contributed by atoms with Gasteiger partial charge in [-0.3, -0.25) is 4.79 Å². The van der Waals surface area contributed by atoms with E-state index in [0.717, 1.165) is 5.56 Å². The highest BCUT2D eigenvalue weighted by Crippen LogP contribution is 2.25. The molecule has 0 atom stereocenters. The summed E-state index contributed by atoms with van der Waals surface area (Å²) in [6, 6.07) is 4.88. The second-order valence-electron chi connectivity index (χ2n) is 5.14. The van der Waals surface area contributed by atoms with Gasteiger partial charge in [0, 0.05) is 17.4 Å². The van der Waals surface area contributed by atoms with Crippen LogP contribution < -0.4 is 0 Å². The molecule has 0 unspecified atom stereocenters. The normalized spacial score (nSPS) is 11.2. The van der Waals surface area contributed by atoms with Crippen molar-refractivity contribution in [2.24, 2.45) is 5.92 Å². The van der Waals surface area contributed by atoms with Gasteiger partial charge in [-0.1, -0.05) is 13.8 Å². The monoisotopic (exact) mass is 260 g/mol. The van der Waals surface area contributed by atoms with E-state index in [1.807, 2.05) is 20.8 Å². The Morgan fingerprint density at radius 3 is 2.53 bits per heavy atom. The second kappa shape index (κ2) is 4.88. The Kier molecular flexibility index (Phi) is 3.42. The van der Waals surface area contributed by atoms with E-state index in [2.05, 4.69) is 0 Å². The minimum absolute atomic E-state index is 0.0764. The van der Waals surface area contributed by atoms with Crippen molar-refractivity contribution >= 4 is 22.7 Å². The third kappa shape index (κ3) is 2.67. The van der Waals surface area contributed by atoms with Crippen LogP contribution in [0.1, 0.15) is 46.7 Å². The molecule has 1 N–H and O–H groups in total. The van der Waals surface area contributed by atoms with Crippen molar-refractivity contribution in [3.8, 4) is 0 Å². The molecule has 2 rings (SSSR count). The molecular formula is C15H16O4. The summed E-state index contributed by atoms with van der Waals surface area (Å²) in [4.78, 5) is 23.0. The summed E-state index contributed by atoms with van der Waals surface area (Å²) >= 11 is 0. The first-order chi connectivity index (χ1) is 8.88. The fraction of sp³-hybridized carbons (Fsp3) is 0.333. The number of carboxylic acids is 1. The van der Waals surface area contributed by atoms with Crippen molar-refractivity contribution in [1.82, 2.24) is 0 Å². The molecule has 1 aromatic heterocycles. The highest BCUT2D eigenvalue weighted by Gasteiger charge is 2.16. The van der Waals surface area contributed by atoms with E-state index in [4.69, 9.17) is 9.52 Å². The number of furan rings is 1. The number of carboxylic acid groups (broad SMARTS) is 1. The molecule has 1 heterocycles. The van der Waals surface area contributed by atoms with E-state index >= 15 is 0 Å². The molecule has 0 amide bonds. The van der Waals surface area contributed by atoms with E-state index in [1.165, 1.54) is 6.07 Å². The number of carbonyl (C=O) groups excluding carboxylic acids is 1. The lowest BCUT2D eigenvalue weighted by molar-refractivity contribution is 0.0664. The maximum atomic E-state index is 12.1. The fourth-order valence-corrected chi connectivity index (χ4v) is 2.08. The Bertz CT molecular complexity index is 649. The van der Waals surface area contributed by atoms with Gasteiger partial charge in [-0.05, 0) is 36.6 Å². The Morgan fingerprint density at radius 1 is 1.26 bits per heavy atom. The number of rotatable bonds is 4. The minimum atomic E-state index is -1.11. The second-order valence-corrected chi connectivity index (χ2v) is 5.14. The van der Waals surface area contributed by atoms with Gasteiger partial charge < -0.3 is 9.52 Å². The van der Waals surface area contributed by atoms with Crippen molar-refractivity contribution < 1.29 is 19.1 Å². The van der Waals surface area contributed by atoms with Crippen molar-refractivity contribution in [3.05, 3.63) is 35.1 Å². The smallest absolute Gasteiger partial charge is 0.371 e. The van der Waals surface area contributed by atoms with Gasteiger partial charge in [0.1, 0.15) is 5.58 Å². The van der Waals surface area contributed by atoms with Crippen LogP contribution in [0.3, 0.4) is 0 Å². The molecule has 0 saturated carbocycles. The van der Waals surface area contributed by atoms with Crippen LogP contribution in [0.5, 0.6) is 0 Å². The predicted octanol–water partition coefficient (Wildman–Crippen LogP) is 3.67. The van der Waals surface area contributed by atoms with E-state index in [0.29, 0.717) is 28.9 Å². The van der Waals surface area contributed by atoms with Crippen molar-refractivity contribution in [3.63, 3.8) is 0 Å². The average molecular weight is 260 g/mol. The molecule has 1 aromatic carbocycles. The third-order valence-electron chi connectivity index (χ3n) is 2.97. The average Bonchev–Trinajstić information content (AvgIpc) is 2.69. The SMILES string of the molecule is Cc1cc2oc(C(=O)O)cc2cc1C(=O)CC(C)C. The van der Waals surface area contributed by atoms with E-state index in [1.54, 1.807) is 12.1 Å². The molecule has 0 radical (unpaired) electrons. The van der Waals surface area contributed by atoms with Crippen LogP contribution in [0.4, 0.5) is 0 Å². The number of fused-ring (bicyclic) bond motifs is 1. The van der Waals surface area contributed by atoms with Gasteiger partial charge in [0.05, 0.1) is 0 Å². The molecule has 0 fully saturated rings. The quantitative estimate of drug-likeness (QED) is 0.852. The Balaban J connectivity index is 2.48. The first-order valence-electron chi connectivity index (χ1n) is 6.19. The van der Waals surface area contributed by atoms with Gasteiger partial charge in [-0.2, -0.15) is 0 Å². The molecule has 0 bridgehead atoms. The van der Waals surface area contributed by atoms with Crippen LogP contribution in [0.25, 0.3) is 11.0 Å².